The molecule has 0 amide bonds. The maximum Gasteiger partial charge on any atom is 0.171 e. The third-order valence-corrected chi connectivity index (χ3v) is 4.11. The van der Waals surface area contributed by atoms with Crippen LogP contribution in [0.5, 0.6) is 11.5 Å². The van der Waals surface area contributed by atoms with E-state index in [2.05, 4.69) is 49.6 Å². The van der Waals surface area contributed by atoms with Crippen LogP contribution in [0.25, 0.3) is 0 Å². The van der Waals surface area contributed by atoms with Gasteiger partial charge in [-0.1, -0.05) is 23.8 Å². The number of methoxy groups -OCH3 is 2. The van der Waals surface area contributed by atoms with Crippen molar-refractivity contribution in [2.24, 2.45) is 0 Å². The Bertz CT molecular complexity index is 731. The summed E-state index contributed by atoms with van der Waals surface area (Å²) in [5.41, 5.74) is 4.57. The molecule has 2 N–H and O–H groups in total. The molecule has 0 heterocycles. The zero-order valence-corrected chi connectivity index (χ0v) is 15.6. The lowest BCUT2D eigenvalue weighted by molar-refractivity contribution is 0.355. The van der Waals surface area contributed by atoms with Crippen LogP contribution in [-0.2, 0) is 0 Å². The largest absolute Gasteiger partial charge is 0.493 e. The van der Waals surface area contributed by atoms with Crippen LogP contribution in [0.4, 0.5) is 5.69 Å². The summed E-state index contributed by atoms with van der Waals surface area (Å²) in [6.45, 7) is 6.30. The first-order valence-corrected chi connectivity index (χ1v) is 8.22. The number of nitrogens with one attached hydrogen (secondary N) is 2. The Hall–Kier alpha value is -2.27. The van der Waals surface area contributed by atoms with Gasteiger partial charge < -0.3 is 20.1 Å². The van der Waals surface area contributed by atoms with Gasteiger partial charge in [0.2, 0.25) is 0 Å². The molecule has 2 aromatic carbocycles. The molecule has 0 saturated carbocycles. The van der Waals surface area contributed by atoms with Gasteiger partial charge in [-0.25, -0.2) is 0 Å². The molecule has 0 aliphatic heterocycles. The zero-order valence-electron chi connectivity index (χ0n) is 14.8. The van der Waals surface area contributed by atoms with Crippen LogP contribution >= 0.6 is 12.2 Å². The molecular formula is C19H24N2O2S. The first-order chi connectivity index (χ1) is 11.4. The number of anilines is 1. The average Bonchev–Trinajstić information content (AvgIpc) is 2.56. The summed E-state index contributed by atoms with van der Waals surface area (Å²) in [4.78, 5) is 0. The minimum Gasteiger partial charge on any atom is -0.493 e. The first-order valence-electron chi connectivity index (χ1n) is 7.81. The molecule has 0 aromatic heterocycles. The number of ether oxygens (including phenoxy) is 2. The molecule has 0 aliphatic rings. The highest BCUT2D eigenvalue weighted by Gasteiger charge is 2.11. The van der Waals surface area contributed by atoms with Crippen molar-refractivity contribution >= 4 is 23.0 Å². The molecule has 0 aliphatic carbocycles. The highest BCUT2D eigenvalue weighted by atomic mass is 32.1. The maximum absolute atomic E-state index is 5.43. The van der Waals surface area contributed by atoms with Crippen molar-refractivity contribution in [3.05, 3.63) is 53.1 Å². The normalized spacial score (nSPS) is 11.5. The van der Waals surface area contributed by atoms with Crippen molar-refractivity contribution in [2.45, 2.75) is 26.8 Å². The molecule has 1 atom stereocenters. The van der Waals surface area contributed by atoms with Crippen molar-refractivity contribution in [3.63, 3.8) is 0 Å². The fraction of sp³-hybridized carbons (Fsp3) is 0.316. The van der Waals surface area contributed by atoms with Gasteiger partial charge in [-0.2, -0.15) is 0 Å². The molecule has 0 fully saturated rings. The first kappa shape index (κ1) is 18.1. The van der Waals surface area contributed by atoms with E-state index in [1.54, 1.807) is 14.2 Å². The van der Waals surface area contributed by atoms with Crippen LogP contribution in [0.1, 0.15) is 29.7 Å². The fourth-order valence-electron chi connectivity index (χ4n) is 2.58. The van der Waals surface area contributed by atoms with Crippen LogP contribution in [-0.4, -0.2) is 19.3 Å². The zero-order chi connectivity index (χ0) is 17.7. The molecule has 0 spiro atoms. The summed E-state index contributed by atoms with van der Waals surface area (Å²) in [5.74, 6) is 1.35. The number of aryl methyl sites for hydroxylation is 2. The van der Waals surface area contributed by atoms with Crippen LogP contribution in [0.15, 0.2) is 36.4 Å². The van der Waals surface area contributed by atoms with E-state index in [1.165, 1.54) is 16.7 Å². The van der Waals surface area contributed by atoms with Gasteiger partial charge in [-0.05, 0) is 56.2 Å². The molecule has 24 heavy (non-hydrogen) atoms. The minimum absolute atomic E-state index is 0.116. The number of thiocarbonyl (C=S) groups is 1. The lowest BCUT2D eigenvalue weighted by Crippen LogP contribution is -2.31. The number of benzene rings is 2. The standard InChI is InChI=1S/C19H24N2O2S/c1-12-6-7-13(2)16(10-12)14(3)20-19(24)21-15-8-9-17(22-4)18(11-15)23-5/h6-11,14H,1-5H3,(H2,20,21,24). The van der Waals surface area contributed by atoms with E-state index in [4.69, 9.17) is 21.7 Å². The molecular weight excluding hydrogens is 320 g/mol. The topological polar surface area (TPSA) is 42.5 Å². The summed E-state index contributed by atoms with van der Waals surface area (Å²) < 4.78 is 10.6. The van der Waals surface area contributed by atoms with Crippen LogP contribution in [0, 0.1) is 13.8 Å². The summed E-state index contributed by atoms with van der Waals surface area (Å²) in [7, 11) is 3.23. The SMILES string of the molecule is COc1ccc(NC(=S)NC(C)c2cc(C)ccc2C)cc1OC. The van der Waals surface area contributed by atoms with E-state index in [9.17, 15) is 0 Å². The smallest absolute Gasteiger partial charge is 0.171 e. The third-order valence-electron chi connectivity index (χ3n) is 3.89. The average molecular weight is 344 g/mol. The highest BCUT2D eigenvalue weighted by molar-refractivity contribution is 7.80. The van der Waals surface area contributed by atoms with E-state index in [0.29, 0.717) is 16.6 Å². The molecule has 1 unspecified atom stereocenters. The minimum atomic E-state index is 0.116. The Morgan fingerprint density at radius 3 is 2.38 bits per heavy atom. The number of hydrogen-bond donors (Lipinski definition) is 2. The molecule has 4 nitrogen and oxygen atoms in total. The summed E-state index contributed by atoms with van der Waals surface area (Å²) in [6.07, 6.45) is 0. The van der Waals surface area contributed by atoms with E-state index >= 15 is 0 Å². The molecule has 0 radical (unpaired) electrons. The van der Waals surface area contributed by atoms with E-state index in [0.717, 1.165) is 5.69 Å². The quantitative estimate of drug-likeness (QED) is 0.789. The Balaban J connectivity index is 2.06. The van der Waals surface area contributed by atoms with Crippen molar-refractivity contribution in [1.29, 1.82) is 0 Å². The Labute approximate surface area is 149 Å². The number of rotatable bonds is 5. The van der Waals surface area contributed by atoms with Gasteiger partial charge in [0.25, 0.3) is 0 Å². The molecule has 2 rings (SSSR count). The van der Waals surface area contributed by atoms with Gasteiger partial charge in [0.1, 0.15) is 0 Å². The number of hydrogen-bond acceptors (Lipinski definition) is 3. The monoisotopic (exact) mass is 344 g/mol. The second kappa shape index (κ2) is 8.02. The van der Waals surface area contributed by atoms with Gasteiger partial charge in [0, 0.05) is 11.8 Å². The van der Waals surface area contributed by atoms with Gasteiger partial charge in [0.15, 0.2) is 16.6 Å². The van der Waals surface area contributed by atoms with Gasteiger partial charge in [-0.3, -0.25) is 0 Å². The summed E-state index contributed by atoms with van der Waals surface area (Å²) in [5, 5.41) is 7.08. The van der Waals surface area contributed by atoms with Gasteiger partial charge >= 0.3 is 0 Å². The fourth-order valence-corrected chi connectivity index (χ4v) is 2.88. The van der Waals surface area contributed by atoms with Crippen molar-refractivity contribution in [3.8, 4) is 11.5 Å². The van der Waals surface area contributed by atoms with E-state index in [-0.39, 0.29) is 6.04 Å². The van der Waals surface area contributed by atoms with E-state index in [1.807, 2.05) is 18.2 Å². The third kappa shape index (κ3) is 4.38. The lowest BCUT2D eigenvalue weighted by atomic mass is 10.0. The molecule has 128 valence electrons. The second-order valence-corrected chi connectivity index (χ2v) is 6.16. The predicted octanol–water partition coefficient (Wildman–Crippen LogP) is 4.37. The van der Waals surface area contributed by atoms with Crippen molar-refractivity contribution in [2.75, 3.05) is 19.5 Å². The van der Waals surface area contributed by atoms with Gasteiger partial charge in [0.05, 0.1) is 20.3 Å². The molecule has 0 bridgehead atoms. The predicted molar refractivity (Wildman–Crippen MR) is 103 cm³/mol. The molecule has 2 aromatic rings. The highest BCUT2D eigenvalue weighted by Crippen LogP contribution is 2.29. The molecule has 0 saturated heterocycles. The van der Waals surface area contributed by atoms with E-state index < -0.39 is 0 Å². The lowest BCUT2D eigenvalue weighted by Gasteiger charge is -2.20. The Morgan fingerprint density at radius 1 is 1.00 bits per heavy atom. The summed E-state index contributed by atoms with van der Waals surface area (Å²) in [6, 6.07) is 12.2. The maximum atomic E-state index is 5.43. The Morgan fingerprint density at radius 2 is 1.71 bits per heavy atom. The van der Waals surface area contributed by atoms with Gasteiger partial charge in [-0.15, -0.1) is 0 Å². The van der Waals surface area contributed by atoms with Crippen LogP contribution in [0.3, 0.4) is 0 Å². The Kier molecular flexibility index (Phi) is 6.04. The second-order valence-electron chi connectivity index (χ2n) is 5.75. The molecule has 5 heteroatoms. The summed E-state index contributed by atoms with van der Waals surface area (Å²) >= 11 is 5.43. The van der Waals surface area contributed by atoms with Crippen LogP contribution < -0.4 is 20.1 Å². The van der Waals surface area contributed by atoms with Crippen LogP contribution in [0.2, 0.25) is 0 Å². The van der Waals surface area contributed by atoms with Crippen molar-refractivity contribution < 1.29 is 9.47 Å². The van der Waals surface area contributed by atoms with Crippen molar-refractivity contribution in [1.82, 2.24) is 5.32 Å².